The van der Waals surface area contributed by atoms with Gasteiger partial charge in [0.15, 0.2) is 0 Å². The molecule has 4 heteroatoms. The number of primary amides is 1. The fourth-order valence-electron chi connectivity index (χ4n) is 2.51. The second kappa shape index (κ2) is 4.31. The van der Waals surface area contributed by atoms with Crippen molar-refractivity contribution in [1.82, 2.24) is 5.43 Å². The van der Waals surface area contributed by atoms with E-state index in [1.807, 2.05) is 23.2 Å². The smallest absolute Gasteiger partial charge is 0.250 e. The summed E-state index contributed by atoms with van der Waals surface area (Å²) in [5, 5.41) is 1.98. The molecule has 2 aliphatic rings. The standard InChI is InChI=1S/C14H15N3O/c15-14(18)11-6-2-4-8-13(11)17-12-7-3-1-5-10(12)9-16-17/h1-4,6-8,10,16H,5,9H2,(H2,15,18). The van der Waals surface area contributed by atoms with E-state index in [0.717, 1.165) is 18.7 Å². The van der Waals surface area contributed by atoms with Gasteiger partial charge >= 0.3 is 0 Å². The van der Waals surface area contributed by atoms with E-state index in [1.165, 1.54) is 5.70 Å². The number of nitrogens with zero attached hydrogens (tertiary/aromatic N) is 1. The van der Waals surface area contributed by atoms with E-state index in [4.69, 9.17) is 5.73 Å². The first-order valence-electron chi connectivity index (χ1n) is 6.06. The molecule has 1 unspecified atom stereocenters. The Morgan fingerprint density at radius 1 is 1.39 bits per heavy atom. The van der Waals surface area contributed by atoms with Gasteiger partial charge in [0.05, 0.1) is 11.3 Å². The van der Waals surface area contributed by atoms with Gasteiger partial charge in [-0.2, -0.15) is 0 Å². The number of nitrogens with one attached hydrogen (secondary N) is 1. The molecule has 1 aliphatic carbocycles. The number of allylic oxidation sites excluding steroid dienone is 3. The molecule has 1 aromatic rings. The molecule has 0 spiro atoms. The van der Waals surface area contributed by atoms with Gasteiger partial charge in [-0.15, -0.1) is 0 Å². The average molecular weight is 241 g/mol. The lowest BCUT2D eigenvalue weighted by Gasteiger charge is -2.24. The molecule has 0 radical (unpaired) electrons. The minimum atomic E-state index is -0.400. The van der Waals surface area contributed by atoms with Crippen LogP contribution in [-0.2, 0) is 0 Å². The molecule has 0 saturated carbocycles. The molecule has 92 valence electrons. The van der Waals surface area contributed by atoms with Crippen molar-refractivity contribution in [3.8, 4) is 0 Å². The molecule has 1 saturated heterocycles. The molecule has 1 aromatic carbocycles. The lowest BCUT2D eigenvalue weighted by atomic mass is 9.98. The fourth-order valence-corrected chi connectivity index (χ4v) is 2.51. The van der Waals surface area contributed by atoms with E-state index in [2.05, 4.69) is 23.7 Å². The van der Waals surface area contributed by atoms with Gasteiger partial charge in [0.1, 0.15) is 0 Å². The minimum absolute atomic E-state index is 0.400. The summed E-state index contributed by atoms with van der Waals surface area (Å²) in [6.45, 7) is 0.892. The minimum Gasteiger partial charge on any atom is -0.366 e. The molecule has 0 bridgehead atoms. The van der Waals surface area contributed by atoms with Crippen molar-refractivity contribution in [2.45, 2.75) is 6.42 Å². The number of hydrazine groups is 1. The van der Waals surface area contributed by atoms with Gasteiger partial charge < -0.3 is 5.73 Å². The second-order valence-electron chi connectivity index (χ2n) is 4.53. The Bertz CT molecular complexity index is 548. The van der Waals surface area contributed by atoms with Crippen LogP contribution in [0.5, 0.6) is 0 Å². The molecule has 4 nitrogen and oxygen atoms in total. The van der Waals surface area contributed by atoms with Crippen LogP contribution < -0.4 is 16.2 Å². The SMILES string of the molecule is NC(=O)c1ccccc1N1NCC2CC=CC=C21. The van der Waals surface area contributed by atoms with Gasteiger partial charge in [0.25, 0.3) is 5.91 Å². The van der Waals surface area contributed by atoms with E-state index in [0.29, 0.717) is 11.5 Å². The average Bonchev–Trinajstić information content (AvgIpc) is 2.82. The van der Waals surface area contributed by atoms with Crippen molar-refractivity contribution < 1.29 is 4.79 Å². The highest BCUT2D eigenvalue weighted by Crippen LogP contribution is 2.33. The Hall–Kier alpha value is -2.07. The number of hydrogen-bond donors (Lipinski definition) is 2. The van der Waals surface area contributed by atoms with Gasteiger partial charge in [-0.1, -0.05) is 24.3 Å². The number of fused-ring (bicyclic) bond motifs is 1. The van der Waals surface area contributed by atoms with E-state index >= 15 is 0 Å². The number of anilines is 1. The maximum atomic E-state index is 11.5. The molecule has 3 N–H and O–H groups in total. The zero-order valence-electron chi connectivity index (χ0n) is 9.97. The van der Waals surface area contributed by atoms with Gasteiger partial charge in [-0.05, 0) is 24.6 Å². The number of carbonyl (C=O) groups excluding carboxylic acids is 1. The first kappa shape index (κ1) is 11.0. The predicted octanol–water partition coefficient (Wildman–Crippen LogP) is 1.57. The highest BCUT2D eigenvalue weighted by Gasteiger charge is 2.30. The predicted molar refractivity (Wildman–Crippen MR) is 70.8 cm³/mol. The van der Waals surface area contributed by atoms with Crippen LogP contribution in [0.1, 0.15) is 16.8 Å². The van der Waals surface area contributed by atoms with Crippen LogP contribution in [0.25, 0.3) is 0 Å². The molecule has 3 rings (SSSR count). The van der Waals surface area contributed by atoms with Crippen LogP contribution in [0.3, 0.4) is 0 Å². The number of nitrogens with two attached hydrogens (primary N) is 1. The third-order valence-corrected chi connectivity index (χ3v) is 3.41. The van der Waals surface area contributed by atoms with Crippen LogP contribution >= 0.6 is 0 Å². The summed E-state index contributed by atoms with van der Waals surface area (Å²) in [6, 6.07) is 7.41. The van der Waals surface area contributed by atoms with Crippen molar-refractivity contribution in [2.75, 3.05) is 11.6 Å². The summed E-state index contributed by atoms with van der Waals surface area (Å²) in [7, 11) is 0. The molecule has 18 heavy (non-hydrogen) atoms. The number of para-hydroxylation sites is 1. The number of benzene rings is 1. The van der Waals surface area contributed by atoms with Crippen molar-refractivity contribution in [3.63, 3.8) is 0 Å². The summed E-state index contributed by atoms with van der Waals surface area (Å²) in [5.41, 5.74) is 11.3. The quantitative estimate of drug-likeness (QED) is 0.826. The largest absolute Gasteiger partial charge is 0.366 e. The van der Waals surface area contributed by atoms with Gasteiger partial charge in [-0.25, -0.2) is 5.43 Å². The van der Waals surface area contributed by atoms with E-state index in [9.17, 15) is 4.79 Å². The summed E-state index contributed by atoms with van der Waals surface area (Å²) >= 11 is 0. The Labute approximate surface area is 106 Å². The lowest BCUT2D eigenvalue weighted by Crippen LogP contribution is -2.31. The summed E-state index contributed by atoms with van der Waals surface area (Å²) in [4.78, 5) is 11.5. The Kier molecular flexibility index (Phi) is 2.64. The van der Waals surface area contributed by atoms with E-state index < -0.39 is 5.91 Å². The lowest BCUT2D eigenvalue weighted by molar-refractivity contribution is 0.100. The monoisotopic (exact) mass is 241 g/mol. The van der Waals surface area contributed by atoms with Gasteiger partial charge in [0, 0.05) is 18.2 Å². The Balaban J connectivity index is 2.03. The van der Waals surface area contributed by atoms with Crippen molar-refractivity contribution in [1.29, 1.82) is 0 Å². The molecule has 1 aliphatic heterocycles. The van der Waals surface area contributed by atoms with Crippen LogP contribution in [0.2, 0.25) is 0 Å². The third kappa shape index (κ3) is 1.71. The Morgan fingerprint density at radius 3 is 3.06 bits per heavy atom. The maximum Gasteiger partial charge on any atom is 0.250 e. The molecule has 1 fully saturated rings. The highest BCUT2D eigenvalue weighted by molar-refractivity contribution is 5.99. The van der Waals surface area contributed by atoms with Gasteiger partial charge in [-0.3, -0.25) is 9.80 Å². The molecule has 1 amide bonds. The zero-order chi connectivity index (χ0) is 12.5. The Morgan fingerprint density at radius 2 is 2.22 bits per heavy atom. The first-order valence-corrected chi connectivity index (χ1v) is 6.06. The van der Waals surface area contributed by atoms with E-state index in [1.54, 1.807) is 6.07 Å². The maximum absolute atomic E-state index is 11.5. The summed E-state index contributed by atoms with van der Waals surface area (Å²) in [5.74, 6) is 0.0822. The molecular weight excluding hydrogens is 226 g/mol. The van der Waals surface area contributed by atoms with Crippen molar-refractivity contribution in [2.24, 2.45) is 11.7 Å². The van der Waals surface area contributed by atoms with E-state index in [-0.39, 0.29) is 0 Å². The topological polar surface area (TPSA) is 58.4 Å². The number of hydrogen-bond acceptors (Lipinski definition) is 3. The zero-order valence-corrected chi connectivity index (χ0v) is 9.97. The third-order valence-electron chi connectivity index (χ3n) is 3.41. The van der Waals surface area contributed by atoms with Crippen LogP contribution in [-0.4, -0.2) is 12.5 Å². The van der Waals surface area contributed by atoms with Crippen LogP contribution in [0, 0.1) is 5.92 Å². The normalized spacial score (nSPS) is 21.7. The van der Waals surface area contributed by atoms with Crippen LogP contribution in [0.15, 0.2) is 48.2 Å². The first-order chi connectivity index (χ1) is 8.77. The van der Waals surface area contributed by atoms with Crippen molar-refractivity contribution >= 4 is 11.6 Å². The molecule has 1 heterocycles. The molecule has 1 atom stereocenters. The summed E-state index contributed by atoms with van der Waals surface area (Å²) < 4.78 is 0. The molecular formula is C14H15N3O. The molecule has 0 aromatic heterocycles. The fraction of sp³-hybridized carbons (Fsp3) is 0.214. The van der Waals surface area contributed by atoms with Crippen LogP contribution in [0.4, 0.5) is 5.69 Å². The van der Waals surface area contributed by atoms with Gasteiger partial charge in [0.2, 0.25) is 0 Å². The number of rotatable bonds is 2. The number of carbonyl (C=O) groups is 1. The summed E-state index contributed by atoms with van der Waals surface area (Å²) in [6.07, 6.45) is 7.35. The highest BCUT2D eigenvalue weighted by atomic mass is 16.1. The number of amides is 1. The van der Waals surface area contributed by atoms with Crippen molar-refractivity contribution in [3.05, 3.63) is 53.8 Å². The second-order valence-corrected chi connectivity index (χ2v) is 4.53.